The summed E-state index contributed by atoms with van der Waals surface area (Å²) in [4.78, 5) is 35.3. The van der Waals surface area contributed by atoms with Crippen LogP contribution in [0.25, 0.3) is 0 Å². The van der Waals surface area contributed by atoms with Crippen LogP contribution in [0.2, 0.25) is 0 Å². The number of benzene rings is 1. The zero-order valence-corrected chi connectivity index (χ0v) is 23.6. The van der Waals surface area contributed by atoms with Crippen LogP contribution in [0.5, 0.6) is 0 Å². The summed E-state index contributed by atoms with van der Waals surface area (Å²) in [5, 5.41) is 9.73. The summed E-state index contributed by atoms with van der Waals surface area (Å²) in [6.45, 7) is 4.60. The van der Waals surface area contributed by atoms with Crippen molar-refractivity contribution in [2.24, 2.45) is 0 Å². The van der Waals surface area contributed by atoms with Crippen molar-refractivity contribution < 1.29 is 14.3 Å². The van der Waals surface area contributed by atoms with Crippen LogP contribution >= 0.6 is 31.9 Å². The monoisotopic (exact) mass is 622 g/mol. The highest BCUT2D eigenvalue weighted by atomic mass is 79.9. The molecule has 2 aliphatic rings. The van der Waals surface area contributed by atoms with E-state index >= 15 is 0 Å². The Hall–Kier alpha value is -2.40. The number of cyclic esters (lactones) is 1. The molecule has 1 saturated heterocycles. The van der Waals surface area contributed by atoms with Gasteiger partial charge in [-0.25, -0.2) is 9.78 Å². The minimum Gasteiger partial charge on any atom is -0.448 e. The second-order valence-electron chi connectivity index (χ2n) is 9.19. The van der Waals surface area contributed by atoms with Crippen molar-refractivity contribution in [1.82, 2.24) is 20.2 Å². The number of anilines is 2. The number of hydrogen-bond acceptors (Lipinski definition) is 7. The zero-order chi connectivity index (χ0) is 25.5. The zero-order valence-electron chi connectivity index (χ0n) is 20.4. The molecule has 0 unspecified atom stereocenters. The van der Waals surface area contributed by atoms with Gasteiger partial charge >= 0.3 is 6.09 Å². The van der Waals surface area contributed by atoms with Crippen molar-refractivity contribution in [2.45, 2.75) is 58.0 Å². The molecule has 2 aromatic rings. The van der Waals surface area contributed by atoms with Gasteiger partial charge in [-0.15, -0.1) is 0 Å². The van der Waals surface area contributed by atoms with Crippen molar-refractivity contribution >= 4 is 55.6 Å². The Morgan fingerprint density at radius 3 is 2.75 bits per heavy atom. The van der Waals surface area contributed by atoms with E-state index < -0.39 is 0 Å². The van der Waals surface area contributed by atoms with Gasteiger partial charge in [0.25, 0.3) is 5.91 Å². The Balaban J connectivity index is 1.41. The second kappa shape index (κ2) is 12.7. The van der Waals surface area contributed by atoms with Crippen LogP contribution in [-0.4, -0.2) is 59.2 Å². The van der Waals surface area contributed by atoms with Gasteiger partial charge in [0, 0.05) is 40.8 Å². The highest BCUT2D eigenvalue weighted by molar-refractivity contribution is 9.11. The number of carbonyl (C=O) groups is 2. The molecule has 1 aliphatic heterocycles. The van der Waals surface area contributed by atoms with Gasteiger partial charge in [-0.05, 0) is 49.4 Å². The summed E-state index contributed by atoms with van der Waals surface area (Å²) < 4.78 is 6.99. The average Bonchev–Trinajstić information content (AvgIpc) is 3.28. The molecule has 9 nitrogen and oxygen atoms in total. The maximum atomic E-state index is 13.0. The Morgan fingerprint density at radius 2 is 2.00 bits per heavy atom. The maximum absolute atomic E-state index is 13.0. The molecule has 194 valence electrons. The fourth-order valence-corrected chi connectivity index (χ4v) is 5.37. The van der Waals surface area contributed by atoms with Crippen LogP contribution < -0.4 is 16.0 Å². The van der Waals surface area contributed by atoms with Gasteiger partial charge in [0.2, 0.25) is 5.95 Å². The van der Waals surface area contributed by atoms with Gasteiger partial charge < -0.3 is 25.6 Å². The standard InChI is InChI=1S/C25H32Br2N6O3/c1-16-12-21(27)17(13-20(16)26)14-29-24-30-15-19(22(32-24)31-18-6-3-2-4-7-18)23(34)28-8-5-9-33-10-11-36-25(33)35/h12-13,15,18H,2-11,14H2,1H3,(H,28,34)(H2,29,30,31,32). The molecule has 0 bridgehead atoms. The van der Waals surface area contributed by atoms with E-state index in [1.807, 2.05) is 6.92 Å². The number of nitrogens with one attached hydrogen (secondary N) is 3. The molecule has 1 aromatic carbocycles. The average molecular weight is 624 g/mol. The van der Waals surface area contributed by atoms with Crippen molar-refractivity contribution in [3.63, 3.8) is 0 Å². The van der Waals surface area contributed by atoms with E-state index in [1.165, 1.54) is 19.3 Å². The topological polar surface area (TPSA) is 108 Å². The van der Waals surface area contributed by atoms with Crippen molar-refractivity contribution in [2.75, 3.05) is 36.9 Å². The number of halogens is 2. The molecule has 2 amide bonds. The Kier molecular flexibility index (Phi) is 9.41. The van der Waals surface area contributed by atoms with Gasteiger partial charge in [0.15, 0.2) is 0 Å². The first kappa shape index (κ1) is 26.7. The van der Waals surface area contributed by atoms with Crippen molar-refractivity contribution in [1.29, 1.82) is 0 Å². The molecule has 3 N–H and O–H groups in total. The number of ether oxygens (including phenoxy) is 1. The number of nitrogens with zero attached hydrogens (tertiary/aromatic N) is 3. The van der Waals surface area contributed by atoms with E-state index in [0.717, 1.165) is 32.9 Å². The predicted octanol–water partition coefficient (Wildman–Crippen LogP) is 5.24. The lowest BCUT2D eigenvalue weighted by atomic mass is 9.95. The largest absolute Gasteiger partial charge is 0.448 e. The number of aromatic nitrogens is 2. The number of rotatable bonds is 10. The highest BCUT2D eigenvalue weighted by Crippen LogP contribution is 2.27. The normalized spacial score (nSPS) is 16.1. The summed E-state index contributed by atoms with van der Waals surface area (Å²) in [7, 11) is 0. The van der Waals surface area contributed by atoms with E-state index in [2.05, 4.69) is 69.9 Å². The molecule has 11 heteroatoms. The number of carbonyl (C=O) groups excluding carboxylic acids is 2. The second-order valence-corrected chi connectivity index (χ2v) is 10.9. The lowest BCUT2D eigenvalue weighted by Gasteiger charge is -2.24. The molecule has 0 radical (unpaired) electrons. The smallest absolute Gasteiger partial charge is 0.409 e. The number of aryl methyl sites for hydroxylation is 1. The van der Waals surface area contributed by atoms with E-state index in [1.54, 1.807) is 11.1 Å². The van der Waals surface area contributed by atoms with Gasteiger partial charge in [0.05, 0.1) is 6.54 Å². The SMILES string of the molecule is Cc1cc(Br)c(CNc2ncc(C(=O)NCCCN3CCOC3=O)c(NC3CCCCC3)n2)cc1Br. The molecule has 2 fully saturated rings. The van der Waals surface area contributed by atoms with Crippen LogP contribution in [0, 0.1) is 6.92 Å². The van der Waals surface area contributed by atoms with Crippen LogP contribution in [0.1, 0.15) is 60.0 Å². The third-order valence-electron chi connectivity index (χ3n) is 6.48. The molecule has 1 aromatic heterocycles. The predicted molar refractivity (Wildman–Crippen MR) is 146 cm³/mol. The fraction of sp³-hybridized carbons (Fsp3) is 0.520. The van der Waals surface area contributed by atoms with E-state index in [0.29, 0.717) is 56.5 Å². The molecular weight excluding hydrogens is 592 g/mol. The Morgan fingerprint density at radius 1 is 1.19 bits per heavy atom. The highest BCUT2D eigenvalue weighted by Gasteiger charge is 2.22. The molecule has 0 spiro atoms. The fourth-order valence-electron chi connectivity index (χ4n) is 4.38. The van der Waals surface area contributed by atoms with E-state index in [9.17, 15) is 9.59 Å². The summed E-state index contributed by atoms with van der Waals surface area (Å²) in [6.07, 6.45) is 7.64. The summed E-state index contributed by atoms with van der Waals surface area (Å²) in [5.41, 5.74) is 2.64. The lowest BCUT2D eigenvalue weighted by Crippen LogP contribution is -2.32. The summed E-state index contributed by atoms with van der Waals surface area (Å²) in [5.74, 6) is 0.777. The van der Waals surface area contributed by atoms with Gasteiger partial charge in [-0.1, -0.05) is 51.1 Å². The van der Waals surface area contributed by atoms with Crippen molar-refractivity contribution in [3.05, 3.63) is 44.0 Å². The van der Waals surface area contributed by atoms with Crippen LogP contribution in [0.15, 0.2) is 27.3 Å². The summed E-state index contributed by atoms with van der Waals surface area (Å²) >= 11 is 7.21. The Labute approximate surface area is 228 Å². The van der Waals surface area contributed by atoms with Crippen LogP contribution in [0.3, 0.4) is 0 Å². The quantitative estimate of drug-likeness (QED) is 0.311. The first-order valence-corrected chi connectivity index (χ1v) is 14.0. The first-order chi connectivity index (χ1) is 17.4. The first-order valence-electron chi connectivity index (χ1n) is 12.4. The minimum absolute atomic E-state index is 0.228. The molecular formula is C25H32Br2N6O3. The maximum Gasteiger partial charge on any atom is 0.409 e. The number of hydrogen-bond donors (Lipinski definition) is 3. The number of amides is 2. The van der Waals surface area contributed by atoms with E-state index in [-0.39, 0.29) is 18.0 Å². The minimum atomic E-state index is -0.290. The molecule has 1 saturated carbocycles. The third kappa shape index (κ3) is 7.09. The van der Waals surface area contributed by atoms with Crippen LogP contribution in [0.4, 0.5) is 16.6 Å². The molecule has 36 heavy (non-hydrogen) atoms. The van der Waals surface area contributed by atoms with Crippen molar-refractivity contribution in [3.8, 4) is 0 Å². The third-order valence-corrected chi connectivity index (χ3v) is 8.07. The van der Waals surface area contributed by atoms with Gasteiger partial charge in [0.1, 0.15) is 18.0 Å². The van der Waals surface area contributed by atoms with Crippen LogP contribution in [-0.2, 0) is 11.3 Å². The molecule has 2 heterocycles. The molecule has 0 atom stereocenters. The van der Waals surface area contributed by atoms with Gasteiger partial charge in [-0.2, -0.15) is 4.98 Å². The lowest BCUT2D eigenvalue weighted by molar-refractivity contribution is 0.0952. The Bertz CT molecular complexity index is 1090. The molecule has 1 aliphatic carbocycles. The van der Waals surface area contributed by atoms with Gasteiger partial charge in [-0.3, -0.25) is 4.79 Å². The molecule has 4 rings (SSSR count). The summed E-state index contributed by atoms with van der Waals surface area (Å²) in [6, 6.07) is 4.42. The van der Waals surface area contributed by atoms with E-state index in [4.69, 9.17) is 4.74 Å².